The lowest BCUT2D eigenvalue weighted by atomic mass is 9.84. The average Bonchev–Trinajstić information content (AvgIpc) is 3.00. The number of halogens is 3. The van der Waals surface area contributed by atoms with E-state index in [9.17, 15) is 18.0 Å². The molecule has 3 fully saturated rings. The third-order valence-corrected chi connectivity index (χ3v) is 5.42. The lowest BCUT2D eigenvalue weighted by molar-refractivity contribution is -0.149. The number of nitrogens with two attached hydrogens (primary N) is 1. The van der Waals surface area contributed by atoms with Crippen LogP contribution in [0.5, 0.6) is 0 Å². The van der Waals surface area contributed by atoms with Crippen LogP contribution in [0.1, 0.15) is 38.5 Å². The number of hydrogen-bond donors (Lipinski definition) is 1. The van der Waals surface area contributed by atoms with Crippen molar-refractivity contribution in [2.75, 3.05) is 13.1 Å². The number of nitrogens with zero attached hydrogens (tertiary/aromatic N) is 1. The van der Waals surface area contributed by atoms with Gasteiger partial charge < -0.3 is 10.6 Å². The number of hydrogen-bond acceptors (Lipinski definition) is 2. The molecule has 0 heterocycles. The van der Waals surface area contributed by atoms with Crippen molar-refractivity contribution in [1.82, 2.24) is 4.90 Å². The van der Waals surface area contributed by atoms with E-state index < -0.39 is 12.6 Å². The summed E-state index contributed by atoms with van der Waals surface area (Å²) in [7, 11) is 0. The van der Waals surface area contributed by atoms with Gasteiger partial charge in [-0.2, -0.15) is 13.2 Å². The van der Waals surface area contributed by atoms with Crippen molar-refractivity contribution >= 4 is 5.91 Å². The number of amides is 1. The Labute approximate surface area is 123 Å². The molecule has 3 nitrogen and oxygen atoms in total. The molecular weight excluding hydrogens is 281 g/mol. The third kappa shape index (κ3) is 3.35. The summed E-state index contributed by atoms with van der Waals surface area (Å²) in [6, 6.07) is -0.149. The Hall–Kier alpha value is -0.780. The first-order chi connectivity index (χ1) is 9.85. The Bertz CT molecular complexity index is 406. The van der Waals surface area contributed by atoms with E-state index in [0.29, 0.717) is 24.3 Å². The Morgan fingerprint density at radius 3 is 2.33 bits per heavy atom. The summed E-state index contributed by atoms with van der Waals surface area (Å²) in [6.07, 6.45) is -0.0161. The molecule has 21 heavy (non-hydrogen) atoms. The molecule has 2 bridgehead atoms. The van der Waals surface area contributed by atoms with Gasteiger partial charge in [-0.3, -0.25) is 4.79 Å². The van der Waals surface area contributed by atoms with E-state index in [0.717, 1.165) is 32.1 Å². The minimum absolute atomic E-state index is 0.120. The minimum atomic E-state index is -4.21. The molecule has 120 valence electrons. The Morgan fingerprint density at radius 1 is 1.14 bits per heavy atom. The van der Waals surface area contributed by atoms with E-state index in [1.54, 1.807) is 0 Å². The van der Waals surface area contributed by atoms with Crippen molar-refractivity contribution < 1.29 is 18.0 Å². The molecular formula is C15H23F3N2O. The standard InChI is InChI=1S/C15H23F3N2O/c16-15(17,18)5-6-20(8-9-1-2-9)14(21)12-10-3-4-11(7-10)13(12)19/h9-13H,1-8,19H2. The Morgan fingerprint density at radius 2 is 1.81 bits per heavy atom. The summed E-state index contributed by atoms with van der Waals surface area (Å²) in [5.74, 6) is 0.734. The molecule has 0 aliphatic heterocycles. The monoisotopic (exact) mass is 304 g/mol. The van der Waals surface area contributed by atoms with Gasteiger partial charge in [0.2, 0.25) is 5.91 Å². The molecule has 1 amide bonds. The first-order valence-corrected chi connectivity index (χ1v) is 7.96. The molecule has 0 radical (unpaired) electrons. The number of fused-ring (bicyclic) bond motifs is 2. The van der Waals surface area contributed by atoms with Gasteiger partial charge in [0.1, 0.15) is 0 Å². The second kappa shape index (κ2) is 5.45. The van der Waals surface area contributed by atoms with Gasteiger partial charge in [0, 0.05) is 19.1 Å². The first-order valence-electron chi connectivity index (χ1n) is 7.96. The summed E-state index contributed by atoms with van der Waals surface area (Å²) in [5, 5.41) is 0. The highest BCUT2D eigenvalue weighted by atomic mass is 19.4. The van der Waals surface area contributed by atoms with E-state index in [2.05, 4.69) is 0 Å². The largest absolute Gasteiger partial charge is 0.390 e. The number of alkyl halides is 3. The van der Waals surface area contributed by atoms with Crippen LogP contribution >= 0.6 is 0 Å². The van der Waals surface area contributed by atoms with Gasteiger partial charge >= 0.3 is 6.18 Å². The zero-order valence-electron chi connectivity index (χ0n) is 12.1. The fourth-order valence-electron chi connectivity index (χ4n) is 4.08. The normalized spacial score (nSPS) is 35.2. The summed E-state index contributed by atoms with van der Waals surface area (Å²) in [4.78, 5) is 14.2. The topological polar surface area (TPSA) is 46.3 Å². The predicted octanol–water partition coefficient (Wildman–Crippen LogP) is 2.55. The van der Waals surface area contributed by atoms with Crippen molar-refractivity contribution in [3.63, 3.8) is 0 Å². The molecule has 3 aliphatic carbocycles. The molecule has 0 saturated heterocycles. The fraction of sp³-hybridized carbons (Fsp3) is 0.933. The van der Waals surface area contributed by atoms with Gasteiger partial charge in [-0.1, -0.05) is 0 Å². The Kier molecular flexibility index (Phi) is 3.93. The lowest BCUT2D eigenvalue weighted by Crippen LogP contribution is -2.48. The van der Waals surface area contributed by atoms with Crippen molar-refractivity contribution in [1.29, 1.82) is 0 Å². The second-order valence-corrected chi connectivity index (χ2v) is 7.03. The predicted molar refractivity (Wildman–Crippen MR) is 72.3 cm³/mol. The van der Waals surface area contributed by atoms with E-state index >= 15 is 0 Å². The third-order valence-electron chi connectivity index (χ3n) is 5.42. The van der Waals surface area contributed by atoms with Gasteiger partial charge in [0.25, 0.3) is 0 Å². The molecule has 3 rings (SSSR count). The van der Waals surface area contributed by atoms with Crippen LogP contribution in [0.25, 0.3) is 0 Å². The van der Waals surface area contributed by atoms with Gasteiger partial charge in [-0.15, -0.1) is 0 Å². The van der Waals surface area contributed by atoms with Crippen LogP contribution in [0.4, 0.5) is 13.2 Å². The van der Waals surface area contributed by atoms with Crippen LogP contribution < -0.4 is 5.73 Å². The van der Waals surface area contributed by atoms with Crippen LogP contribution in [-0.2, 0) is 4.79 Å². The van der Waals surface area contributed by atoms with Crippen LogP contribution in [-0.4, -0.2) is 36.1 Å². The minimum Gasteiger partial charge on any atom is -0.342 e. The fourth-order valence-corrected chi connectivity index (χ4v) is 4.08. The van der Waals surface area contributed by atoms with E-state index in [1.165, 1.54) is 4.90 Å². The highest BCUT2D eigenvalue weighted by molar-refractivity contribution is 5.80. The second-order valence-electron chi connectivity index (χ2n) is 7.03. The van der Waals surface area contributed by atoms with Crippen molar-refractivity contribution in [2.24, 2.45) is 29.4 Å². The Balaban J connectivity index is 1.65. The van der Waals surface area contributed by atoms with Gasteiger partial charge in [-0.25, -0.2) is 0 Å². The maximum Gasteiger partial charge on any atom is 0.390 e. The molecule has 6 heteroatoms. The van der Waals surface area contributed by atoms with Gasteiger partial charge in [-0.05, 0) is 49.9 Å². The molecule has 0 spiro atoms. The summed E-state index contributed by atoms with van der Waals surface area (Å²) < 4.78 is 37.4. The quantitative estimate of drug-likeness (QED) is 0.848. The highest BCUT2D eigenvalue weighted by Gasteiger charge is 2.50. The maximum absolute atomic E-state index is 12.7. The SMILES string of the molecule is NC1C2CCC(C2)C1C(=O)N(CCC(F)(F)F)CC1CC1. The molecule has 3 saturated carbocycles. The molecule has 0 aromatic heterocycles. The summed E-state index contributed by atoms with van der Waals surface area (Å²) in [6.45, 7) is 0.273. The first kappa shape index (κ1) is 15.1. The zero-order chi connectivity index (χ0) is 15.2. The number of carbonyl (C=O) groups is 1. The van der Waals surface area contributed by atoms with Gasteiger partial charge in [0.15, 0.2) is 0 Å². The van der Waals surface area contributed by atoms with Crippen molar-refractivity contribution in [3.05, 3.63) is 0 Å². The highest BCUT2D eigenvalue weighted by Crippen LogP contribution is 2.48. The van der Waals surface area contributed by atoms with Crippen LogP contribution in [0.2, 0.25) is 0 Å². The van der Waals surface area contributed by atoms with Crippen LogP contribution in [0.3, 0.4) is 0 Å². The van der Waals surface area contributed by atoms with Crippen molar-refractivity contribution in [2.45, 2.75) is 50.7 Å². The van der Waals surface area contributed by atoms with E-state index in [4.69, 9.17) is 5.73 Å². The number of rotatable bonds is 5. The van der Waals surface area contributed by atoms with E-state index in [-0.39, 0.29) is 24.4 Å². The van der Waals surface area contributed by atoms with E-state index in [1.807, 2.05) is 0 Å². The smallest absolute Gasteiger partial charge is 0.342 e. The number of carbonyl (C=O) groups excluding carboxylic acids is 1. The molecule has 3 aliphatic rings. The zero-order valence-corrected chi connectivity index (χ0v) is 12.1. The summed E-state index contributed by atoms with van der Waals surface area (Å²) >= 11 is 0. The van der Waals surface area contributed by atoms with Crippen LogP contribution in [0, 0.1) is 23.7 Å². The molecule has 4 atom stereocenters. The van der Waals surface area contributed by atoms with Crippen LogP contribution in [0.15, 0.2) is 0 Å². The van der Waals surface area contributed by atoms with Gasteiger partial charge in [0.05, 0.1) is 12.3 Å². The maximum atomic E-state index is 12.7. The molecule has 4 unspecified atom stereocenters. The average molecular weight is 304 g/mol. The molecule has 0 aromatic carbocycles. The summed E-state index contributed by atoms with van der Waals surface area (Å²) in [5.41, 5.74) is 6.16. The molecule has 0 aromatic rings. The molecule has 2 N–H and O–H groups in total. The lowest BCUT2D eigenvalue weighted by Gasteiger charge is -2.33. The van der Waals surface area contributed by atoms with Crippen molar-refractivity contribution in [3.8, 4) is 0 Å².